The summed E-state index contributed by atoms with van der Waals surface area (Å²) in [6.45, 7) is 4.09. The summed E-state index contributed by atoms with van der Waals surface area (Å²) in [6.07, 6.45) is -2.71. The van der Waals surface area contributed by atoms with Crippen LogP contribution in [0.1, 0.15) is 24.6 Å². The number of piperazine rings is 1. The quantitative estimate of drug-likeness (QED) is 0.821. The van der Waals surface area contributed by atoms with Gasteiger partial charge in [-0.3, -0.25) is 9.80 Å². The number of alkyl halides is 3. The number of hydrogen-bond donors (Lipinski definition) is 0. The third-order valence-electron chi connectivity index (χ3n) is 4.58. The minimum absolute atomic E-state index is 0.0130. The van der Waals surface area contributed by atoms with Crippen LogP contribution in [0.2, 0.25) is 0 Å². The number of likely N-dealkylation sites (N-methyl/N-ethyl adjacent to an activating group) is 1. The van der Waals surface area contributed by atoms with Crippen molar-refractivity contribution in [1.29, 1.82) is 0 Å². The first kappa shape index (κ1) is 15.7. The van der Waals surface area contributed by atoms with Crippen LogP contribution in [-0.4, -0.2) is 65.4 Å². The molecule has 0 aliphatic carbocycles. The second-order valence-electron chi connectivity index (χ2n) is 5.98. The summed E-state index contributed by atoms with van der Waals surface area (Å²) in [6, 6.07) is 0. The number of ether oxygens (including phenoxy) is 1. The van der Waals surface area contributed by atoms with Crippen LogP contribution in [-0.2, 0) is 17.5 Å². The maximum Gasteiger partial charge on any atom is 0.455 e. The van der Waals surface area contributed by atoms with Crippen LogP contribution in [0.15, 0.2) is 4.52 Å². The molecule has 124 valence electrons. The van der Waals surface area contributed by atoms with Crippen molar-refractivity contribution in [2.75, 3.05) is 39.9 Å². The average molecular weight is 320 g/mol. The third kappa shape index (κ3) is 3.11. The van der Waals surface area contributed by atoms with Gasteiger partial charge >= 0.3 is 6.18 Å². The molecule has 0 amide bonds. The maximum atomic E-state index is 12.5. The van der Waals surface area contributed by atoms with E-state index >= 15 is 0 Å². The predicted molar refractivity (Wildman–Crippen MR) is 70.0 cm³/mol. The van der Waals surface area contributed by atoms with Gasteiger partial charge in [-0.25, -0.2) is 0 Å². The Balaban J connectivity index is 1.67. The summed E-state index contributed by atoms with van der Waals surface area (Å²) in [5.74, 6) is -1.20. The van der Waals surface area contributed by atoms with Crippen LogP contribution < -0.4 is 0 Å². The molecule has 22 heavy (non-hydrogen) atoms. The molecule has 1 aromatic heterocycles. The number of halogens is 3. The van der Waals surface area contributed by atoms with E-state index in [1.165, 1.54) is 0 Å². The van der Waals surface area contributed by atoms with Crippen molar-refractivity contribution >= 4 is 0 Å². The molecular weight excluding hydrogens is 301 g/mol. The van der Waals surface area contributed by atoms with Crippen molar-refractivity contribution in [3.8, 4) is 0 Å². The molecule has 2 fully saturated rings. The minimum Gasteiger partial charge on any atom is -0.381 e. The van der Waals surface area contributed by atoms with Crippen LogP contribution in [0, 0.1) is 0 Å². The molecule has 2 aliphatic heterocycles. The molecule has 3 heterocycles. The number of aromatic nitrogens is 2. The van der Waals surface area contributed by atoms with Crippen molar-refractivity contribution in [1.82, 2.24) is 19.9 Å². The second-order valence-corrected chi connectivity index (χ2v) is 5.98. The van der Waals surface area contributed by atoms with Crippen LogP contribution in [0.25, 0.3) is 0 Å². The van der Waals surface area contributed by atoms with Gasteiger partial charge in [-0.1, -0.05) is 5.16 Å². The second kappa shape index (κ2) is 5.78. The molecule has 3 rings (SSSR count). The Hall–Kier alpha value is -1.19. The molecule has 0 aromatic carbocycles. The molecule has 6 nitrogen and oxygen atoms in total. The van der Waals surface area contributed by atoms with E-state index in [1.807, 2.05) is 0 Å². The summed E-state index contributed by atoms with van der Waals surface area (Å²) in [4.78, 5) is 7.86. The lowest BCUT2D eigenvalue weighted by Crippen LogP contribution is -2.62. The standard InChI is InChI=1S/C13H19F3N4O2/c1-19-4-5-20(9-12(19)2-6-21-7-3-12)8-10-17-11(18-22-10)13(14,15)16/h2-9H2,1H3. The number of rotatable bonds is 2. The number of nitrogens with zero attached hydrogens (tertiary/aromatic N) is 4. The van der Waals surface area contributed by atoms with E-state index in [0.717, 1.165) is 45.7 Å². The van der Waals surface area contributed by atoms with E-state index in [1.54, 1.807) is 0 Å². The van der Waals surface area contributed by atoms with E-state index in [-0.39, 0.29) is 18.0 Å². The maximum absolute atomic E-state index is 12.5. The van der Waals surface area contributed by atoms with Crippen molar-refractivity contribution in [2.45, 2.75) is 31.1 Å². The van der Waals surface area contributed by atoms with Gasteiger partial charge in [0.25, 0.3) is 5.82 Å². The lowest BCUT2D eigenvalue weighted by molar-refractivity contribution is -0.146. The van der Waals surface area contributed by atoms with Gasteiger partial charge in [-0.05, 0) is 19.9 Å². The Bertz CT molecular complexity index is 514. The highest BCUT2D eigenvalue weighted by Crippen LogP contribution is 2.31. The zero-order valence-corrected chi connectivity index (χ0v) is 12.4. The van der Waals surface area contributed by atoms with Crippen LogP contribution in [0.5, 0.6) is 0 Å². The van der Waals surface area contributed by atoms with Crippen LogP contribution >= 0.6 is 0 Å². The SMILES string of the molecule is CN1CCN(Cc2nc(C(F)(F)F)no2)CC12CCOCC2. The van der Waals surface area contributed by atoms with Gasteiger partial charge < -0.3 is 9.26 Å². The summed E-state index contributed by atoms with van der Waals surface area (Å²) in [5.41, 5.74) is 0.0311. The smallest absolute Gasteiger partial charge is 0.381 e. The van der Waals surface area contributed by atoms with E-state index in [2.05, 4.69) is 27.0 Å². The summed E-state index contributed by atoms with van der Waals surface area (Å²) < 4.78 is 47.7. The highest BCUT2D eigenvalue weighted by molar-refractivity contribution is 4.99. The molecule has 1 spiro atoms. The molecule has 0 saturated carbocycles. The molecule has 0 N–H and O–H groups in total. The van der Waals surface area contributed by atoms with E-state index in [4.69, 9.17) is 9.26 Å². The molecule has 0 unspecified atom stereocenters. The highest BCUT2D eigenvalue weighted by atomic mass is 19.4. The molecular formula is C13H19F3N4O2. The zero-order chi connectivity index (χ0) is 15.8. The largest absolute Gasteiger partial charge is 0.455 e. The number of hydrogen-bond acceptors (Lipinski definition) is 6. The van der Waals surface area contributed by atoms with Crippen molar-refractivity contribution in [2.24, 2.45) is 0 Å². The van der Waals surface area contributed by atoms with Crippen molar-refractivity contribution in [3.63, 3.8) is 0 Å². The minimum atomic E-state index is -4.56. The molecule has 2 saturated heterocycles. The van der Waals surface area contributed by atoms with Gasteiger partial charge in [0.1, 0.15) is 0 Å². The first-order chi connectivity index (χ1) is 10.4. The molecule has 0 atom stereocenters. The summed E-state index contributed by atoms with van der Waals surface area (Å²) >= 11 is 0. The lowest BCUT2D eigenvalue weighted by atomic mass is 9.86. The molecule has 0 bridgehead atoms. The van der Waals surface area contributed by atoms with Crippen LogP contribution in [0.4, 0.5) is 13.2 Å². The van der Waals surface area contributed by atoms with Gasteiger partial charge in [0.15, 0.2) is 0 Å². The Morgan fingerprint density at radius 1 is 1.23 bits per heavy atom. The van der Waals surface area contributed by atoms with Crippen LogP contribution in [0.3, 0.4) is 0 Å². The van der Waals surface area contributed by atoms with E-state index in [0.29, 0.717) is 0 Å². The van der Waals surface area contributed by atoms with Gasteiger partial charge in [0, 0.05) is 38.4 Å². The Morgan fingerprint density at radius 3 is 2.59 bits per heavy atom. The molecule has 1 aromatic rings. The van der Waals surface area contributed by atoms with E-state index < -0.39 is 12.0 Å². The average Bonchev–Trinajstić information content (AvgIpc) is 2.93. The topological polar surface area (TPSA) is 54.6 Å². The normalized spacial score (nSPS) is 24.0. The Kier molecular flexibility index (Phi) is 4.13. The van der Waals surface area contributed by atoms with Gasteiger partial charge in [-0.2, -0.15) is 18.2 Å². The molecule has 0 radical (unpaired) electrons. The van der Waals surface area contributed by atoms with Gasteiger partial charge in [-0.15, -0.1) is 0 Å². The van der Waals surface area contributed by atoms with Crippen molar-refractivity contribution in [3.05, 3.63) is 11.7 Å². The lowest BCUT2D eigenvalue weighted by Gasteiger charge is -2.51. The van der Waals surface area contributed by atoms with Gasteiger partial charge in [0.05, 0.1) is 6.54 Å². The summed E-state index contributed by atoms with van der Waals surface area (Å²) in [5, 5.41) is 3.00. The highest BCUT2D eigenvalue weighted by Gasteiger charge is 2.42. The monoisotopic (exact) mass is 320 g/mol. The molecule has 9 heteroatoms. The Morgan fingerprint density at radius 2 is 1.95 bits per heavy atom. The fourth-order valence-corrected chi connectivity index (χ4v) is 3.20. The fourth-order valence-electron chi connectivity index (χ4n) is 3.20. The van der Waals surface area contributed by atoms with E-state index in [9.17, 15) is 13.2 Å². The van der Waals surface area contributed by atoms with Gasteiger partial charge in [0.2, 0.25) is 5.89 Å². The Labute approximate surface area is 126 Å². The van der Waals surface area contributed by atoms with Crippen molar-refractivity contribution < 1.29 is 22.4 Å². The zero-order valence-electron chi connectivity index (χ0n) is 12.4. The first-order valence-electron chi connectivity index (χ1n) is 7.30. The summed E-state index contributed by atoms with van der Waals surface area (Å²) in [7, 11) is 2.09. The first-order valence-corrected chi connectivity index (χ1v) is 7.30. The fraction of sp³-hybridized carbons (Fsp3) is 0.846. The predicted octanol–water partition coefficient (Wildman–Crippen LogP) is 1.39. The third-order valence-corrected chi connectivity index (χ3v) is 4.58. The molecule has 2 aliphatic rings.